The Hall–Kier alpha value is -4.91. The molecular weight excluding hydrogens is 522 g/mol. The van der Waals surface area contributed by atoms with Gasteiger partial charge in [-0.05, 0) is 42.2 Å². The summed E-state index contributed by atoms with van der Waals surface area (Å²) < 4.78 is 0. The van der Waals surface area contributed by atoms with Gasteiger partial charge in [0.1, 0.15) is 17.8 Å². The second-order valence-electron chi connectivity index (χ2n) is 9.21. The van der Waals surface area contributed by atoms with Crippen molar-refractivity contribution in [2.75, 3.05) is 6.54 Å². The van der Waals surface area contributed by atoms with Crippen molar-refractivity contribution in [2.45, 2.75) is 43.8 Å². The number of carbonyl (C=O) groups excluding carboxylic acids is 3. The van der Waals surface area contributed by atoms with Gasteiger partial charge in [-0.15, -0.1) is 0 Å². The third-order valence-corrected chi connectivity index (χ3v) is 6.16. The minimum Gasteiger partial charge on any atom is -0.508 e. The number of aromatic amines is 1. The number of amides is 3. The molecule has 0 radical (unpaired) electrons. The molecular formula is C27H31N5O8. The first kappa shape index (κ1) is 29.6. The summed E-state index contributed by atoms with van der Waals surface area (Å²) in [7, 11) is 0. The number of hydrogen-bond donors (Lipinski definition) is 8. The van der Waals surface area contributed by atoms with Crippen molar-refractivity contribution in [1.82, 2.24) is 20.9 Å². The van der Waals surface area contributed by atoms with E-state index < -0.39 is 60.8 Å². The minimum atomic E-state index is -1.48. The number of carbonyl (C=O) groups is 5. The first-order valence-corrected chi connectivity index (χ1v) is 12.4. The zero-order valence-corrected chi connectivity index (χ0v) is 21.4. The smallest absolute Gasteiger partial charge is 0.326 e. The zero-order valence-electron chi connectivity index (χ0n) is 21.4. The number of rotatable bonds is 14. The monoisotopic (exact) mass is 553 g/mol. The maximum Gasteiger partial charge on any atom is 0.326 e. The number of fused-ring (bicyclic) bond motifs is 1. The Morgan fingerprint density at radius 2 is 1.57 bits per heavy atom. The maximum absolute atomic E-state index is 13.1. The van der Waals surface area contributed by atoms with Crippen molar-refractivity contribution in [1.29, 1.82) is 0 Å². The zero-order chi connectivity index (χ0) is 29.2. The molecule has 0 aliphatic carbocycles. The molecule has 40 heavy (non-hydrogen) atoms. The molecule has 0 fully saturated rings. The van der Waals surface area contributed by atoms with Gasteiger partial charge < -0.3 is 42.0 Å². The van der Waals surface area contributed by atoms with Crippen LogP contribution in [0.25, 0.3) is 10.9 Å². The number of aliphatic carboxylic acids is 2. The van der Waals surface area contributed by atoms with Gasteiger partial charge in [-0.25, -0.2) is 4.79 Å². The van der Waals surface area contributed by atoms with Crippen LogP contribution in [-0.2, 0) is 36.8 Å². The quantitative estimate of drug-likeness (QED) is 0.134. The van der Waals surface area contributed by atoms with Crippen LogP contribution in [0.4, 0.5) is 0 Å². The van der Waals surface area contributed by atoms with E-state index >= 15 is 0 Å². The van der Waals surface area contributed by atoms with E-state index in [4.69, 9.17) is 10.8 Å². The summed E-state index contributed by atoms with van der Waals surface area (Å²) in [5.41, 5.74) is 8.10. The van der Waals surface area contributed by atoms with E-state index in [1.165, 1.54) is 12.1 Å². The average molecular weight is 554 g/mol. The number of carboxylic acid groups (broad SMARTS) is 2. The van der Waals surface area contributed by atoms with Crippen LogP contribution in [0, 0.1) is 0 Å². The molecule has 1 aromatic heterocycles. The predicted octanol–water partition coefficient (Wildman–Crippen LogP) is 0.0212. The van der Waals surface area contributed by atoms with Crippen LogP contribution in [-0.4, -0.2) is 74.6 Å². The number of phenolic OH excluding ortho intramolecular Hbond substituents is 1. The Labute approximate surface area is 228 Å². The van der Waals surface area contributed by atoms with Crippen LogP contribution in [0.3, 0.4) is 0 Å². The molecule has 3 rings (SSSR count). The van der Waals surface area contributed by atoms with E-state index in [2.05, 4.69) is 20.9 Å². The summed E-state index contributed by atoms with van der Waals surface area (Å²) in [6.45, 7) is -0.499. The lowest BCUT2D eigenvalue weighted by Gasteiger charge is -2.21. The normalized spacial score (nSPS) is 13.1. The number of carboxylic acids is 2. The number of phenols is 1. The first-order valence-electron chi connectivity index (χ1n) is 12.4. The molecule has 2 aromatic carbocycles. The lowest BCUT2D eigenvalue weighted by molar-refractivity contribution is -0.143. The molecule has 0 bridgehead atoms. The topological polar surface area (TPSA) is 224 Å². The number of H-pyrrole nitrogens is 1. The third kappa shape index (κ3) is 8.56. The van der Waals surface area contributed by atoms with E-state index in [9.17, 15) is 34.2 Å². The van der Waals surface area contributed by atoms with E-state index in [0.717, 1.165) is 10.9 Å². The Bertz CT molecular complexity index is 1370. The van der Waals surface area contributed by atoms with Crippen LogP contribution in [0.15, 0.2) is 54.7 Å². The molecule has 212 valence electrons. The fourth-order valence-corrected chi connectivity index (χ4v) is 4.05. The van der Waals surface area contributed by atoms with Gasteiger partial charge in [0.25, 0.3) is 0 Å². The third-order valence-electron chi connectivity index (χ3n) is 6.16. The number of aromatic nitrogens is 1. The Morgan fingerprint density at radius 1 is 0.875 bits per heavy atom. The predicted molar refractivity (Wildman–Crippen MR) is 143 cm³/mol. The molecule has 0 saturated heterocycles. The number of nitrogens with one attached hydrogen (secondary N) is 4. The maximum atomic E-state index is 13.1. The van der Waals surface area contributed by atoms with Gasteiger partial charge in [0.15, 0.2) is 0 Å². The number of para-hydroxylation sites is 1. The molecule has 1 heterocycles. The number of hydrogen-bond acceptors (Lipinski definition) is 7. The van der Waals surface area contributed by atoms with E-state index in [0.29, 0.717) is 11.1 Å². The van der Waals surface area contributed by atoms with Crippen molar-refractivity contribution in [3.05, 3.63) is 65.9 Å². The van der Waals surface area contributed by atoms with Gasteiger partial charge in [-0.1, -0.05) is 30.3 Å². The molecule has 13 heteroatoms. The number of nitrogens with two attached hydrogens (primary N) is 1. The van der Waals surface area contributed by atoms with Crippen LogP contribution < -0.4 is 21.7 Å². The Kier molecular flexibility index (Phi) is 10.2. The van der Waals surface area contributed by atoms with E-state index in [1.807, 2.05) is 18.2 Å². The molecule has 13 nitrogen and oxygen atoms in total. The molecule has 0 aliphatic rings. The lowest BCUT2D eigenvalue weighted by atomic mass is 10.0. The van der Waals surface area contributed by atoms with E-state index in [1.54, 1.807) is 24.4 Å². The molecule has 3 unspecified atom stereocenters. The highest BCUT2D eigenvalue weighted by atomic mass is 16.4. The summed E-state index contributed by atoms with van der Waals surface area (Å²) in [5.74, 6) is -4.72. The number of benzene rings is 2. The van der Waals surface area contributed by atoms with Crippen LogP contribution >= 0.6 is 0 Å². The van der Waals surface area contributed by atoms with Gasteiger partial charge in [-0.2, -0.15) is 0 Å². The first-order chi connectivity index (χ1) is 19.0. The van der Waals surface area contributed by atoms with Crippen LogP contribution in [0.5, 0.6) is 5.75 Å². The molecule has 3 atom stereocenters. The van der Waals surface area contributed by atoms with Crippen LogP contribution in [0.2, 0.25) is 0 Å². The minimum absolute atomic E-state index is 0.0127. The van der Waals surface area contributed by atoms with Gasteiger partial charge in [-0.3, -0.25) is 19.2 Å². The van der Waals surface area contributed by atoms with Gasteiger partial charge in [0.05, 0.1) is 12.6 Å². The molecule has 9 N–H and O–H groups in total. The van der Waals surface area contributed by atoms with Crippen molar-refractivity contribution in [2.24, 2.45) is 5.73 Å². The highest BCUT2D eigenvalue weighted by molar-refractivity contribution is 5.93. The van der Waals surface area contributed by atoms with E-state index in [-0.39, 0.29) is 25.0 Å². The SMILES string of the molecule is NC(Cc1ccc(O)cc1)C(=O)NCC(=O)NC(Cc1c[nH]c2ccccc12)C(=O)NC(CCC(=O)O)C(=O)O. The molecule has 0 aliphatic heterocycles. The second-order valence-corrected chi connectivity index (χ2v) is 9.21. The summed E-state index contributed by atoms with van der Waals surface area (Å²) in [4.78, 5) is 63.8. The average Bonchev–Trinajstić information content (AvgIpc) is 3.32. The van der Waals surface area contributed by atoms with Crippen LogP contribution in [0.1, 0.15) is 24.0 Å². The highest BCUT2D eigenvalue weighted by Crippen LogP contribution is 2.19. The second kappa shape index (κ2) is 13.8. The van der Waals surface area contributed by atoms with Crippen molar-refractivity contribution < 1.29 is 39.3 Å². The molecule has 0 saturated carbocycles. The van der Waals surface area contributed by atoms with Gasteiger partial charge >= 0.3 is 11.9 Å². The molecule has 3 aromatic rings. The van der Waals surface area contributed by atoms with Crippen molar-refractivity contribution >= 4 is 40.6 Å². The van der Waals surface area contributed by atoms with Gasteiger partial charge in [0.2, 0.25) is 17.7 Å². The lowest BCUT2D eigenvalue weighted by Crippen LogP contribution is -2.54. The molecule has 3 amide bonds. The largest absolute Gasteiger partial charge is 0.508 e. The van der Waals surface area contributed by atoms with Gasteiger partial charge in [0, 0.05) is 29.9 Å². The fourth-order valence-electron chi connectivity index (χ4n) is 4.05. The summed E-state index contributed by atoms with van der Waals surface area (Å²) in [5, 5.41) is 35.7. The van der Waals surface area contributed by atoms with Crippen molar-refractivity contribution in [3.8, 4) is 5.75 Å². The summed E-state index contributed by atoms with van der Waals surface area (Å²) >= 11 is 0. The summed E-state index contributed by atoms with van der Waals surface area (Å²) in [6, 6.07) is 9.73. The summed E-state index contributed by atoms with van der Waals surface area (Å²) in [6.07, 6.45) is 0.986. The standard InChI is InChI=1S/C27H31N5O8/c28-19(11-15-5-7-17(33)8-6-15)25(37)30-14-23(34)31-22(12-16-13-29-20-4-2-1-3-18(16)20)26(38)32-21(27(39)40)9-10-24(35)36/h1-8,13,19,21-22,29,33H,9-12,14,28H2,(H,30,37)(H,31,34)(H,32,38)(H,35,36)(H,39,40). The Balaban J connectivity index is 1.67. The fraction of sp³-hybridized carbons (Fsp3) is 0.296. The Morgan fingerprint density at radius 3 is 2.25 bits per heavy atom. The molecule has 0 spiro atoms. The number of aromatic hydroxyl groups is 1. The highest BCUT2D eigenvalue weighted by Gasteiger charge is 2.28. The van der Waals surface area contributed by atoms with Crippen molar-refractivity contribution in [3.63, 3.8) is 0 Å².